The van der Waals surface area contributed by atoms with Crippen LogP contribution in [0.4, 0.5) is 27.5 Å². The maximum Gasteiger partial charge on any atom is 0.411 e. The second kappa shape index (κ2) is 10.3. The van der Waals surface area contributed by atoms with Crippen molar-refractivity contribution in [2.45, 2.75) is 25.5 Å². The van der Waals surface area contributed by atoms with Gasteiger partial charge in [0.25, 0.3) is 5.91 Å². The van der Waals surface area contributed by atoms with E-state index in [-0.39, 0.29) is 28.3 Å². The summed E-state index contributed by atoms with van der Waals surface area (Å²) >= 11 is 18.2. The summed E-state index contributed by atoms with van der Waals surface area (Å²) in [5.41, 5.74) is 0.911. The molecule has 3 rings (SSSR count). The quantitative estimate of drug-likeness (QED) is 0.402. The van der Waals surface area contributed by atoms with Gasteiger partial charge >= 0.3 is 6.09 Å². The Hall–Kier alpha value is -2.63. The average molecular weight is 527 g/mol. The fraction of sp³-hybridized carbons (Fsp3) is 0.318. The molecule has 34 heavy (non-hydrogen) atoms. The molecule has 0 aromatic heterocycles. The van der Waals surface area contributed by atoms with Crippen LogP contribution in [0.25, 0.3) is 0 Å². The fourth-order valence-corrected chi connectivity index (χ4v) is 4.38. The Morgan fingerprint density at radius 1 is 1.15 bits per heavy atom. The summed E-state index contributed by atoms with van der Waals surface area (Å²) < 4.78 is 4.87. The molecule has 0 aliphatic carbocycles. The number of thiocarbonyl (C=S) groups is 1. The van der Waals surface area contributed by atoms with Crippen LogP contribution in [-0.2, 0) is 9.53 Å². The molecule has 2 aromatic rings. The SMILES string of the molecule is CNc1ccc(N2C(=O)C(C)(C)N(c3ccc(Cl)c(NC(=O)OCC(O)CO)c3)C2=S)cc1Cl. The Balaban J connectivity index is 1.91. The first kappa shape index (κ1) is 26.0. The Labute approximate surface area is 212 Å². The molecule has 2 amide bonds. The monoisotopic (exact) mass is 526 g/mol. The number of ether oxygens (including phenoxy) is 1. The lowest BCUT2D eigenvalue weighted by Crippen LogP contribution is -2.44. The number of rotatable bonds is 7. The van der Waals surface area contributed by atoms with Crippen LogP contribution in [0.5, 0.6) is 0 Å². The van der Waals surface area contributed by atoms with E-state index in [9.17, 15) is 14.7 Å². The molecular weight excluding hydrogens is 503 g/mol. The zero-order valence-electron chi connectivity index (χ0n) is 18.6. The van der Waals surface area contributed by atoms with Crippen molar-refractivity contribution in [3.63, 3.8) is 0 Å². The minimum absolute atomic E-state index is 0.216. The van der Waals surface area contributed by atoms with E-state index in [0.717, 1.165) is 0 Å². The number of hydrogen-bond donors (Lipinski definition) is 4. The number of halogens is 2. The van der Waals surface area contributed by atoms with Gasteiger partial charge in [0.1, 0.15) is 18.2 Å². The maximum atomic E-state index is 13.4. The molecule has 0 saturated carbocycles. The standard InChI is InChI=1S/C22H24Cl2N4O5S/c1-22(2)19(31)27(12-5-7-17(25-3)16(24)8-12)21(34)28(22)13-4-6-15(23)18(9-13)26-20(32)33-11-14(30)10-29/h4-9,14,25,29-30H,10-11H2,1-3H3,(H,26,32). The largest absolute Gasteiger partial charge is 0.446 e. The molecule has 0 radical (unpaired) electrons. The molecule has 1 atom stereocenters. The minimum Gasteiger partial charge on any atom is -0.446 e. The number of amides is 2. The van der Waals surface area contributed by atoms with Crippen LogP contribution in [0.2, 0.25) is 10.0 Å². The first-order valence-electron chi connectivity index (χ1n) is 10.2. The summed E-state index contributed by atoms with van der Waals surface area (Å²) in [5.74, 6) is -0.257. The third-order valence-electron chi connectivity index (χ3n) is 5.21. The van der Waals surface area contributed by atoms with E-state index in [1.54, 1.807) is 62.2 Å². The molecule has 0 bridgehead atoms. The third-order valence-corrected chi connectivity index (χ3v) is 6.22. The highest BCUT2D eigenvalue weighted by molar-refractivity contribution is 7.81. The summed E-state index contributed by atoms with van der Waals surface area (Å²) in [5, 5.41) is 24.5. The number of benzene rings is 2. The zero-order chi connectivity index (χ0) is 25.2. The highest BCUT2D eigenvalue weighted by atomic mass is 35.5. The second-order valence-corrected chi connectivity index (χ2v) is 9.14. The number of carbonyl (C=O) groups is 2. The number of nitrogens with one attached hydrogen (secondary N) is 2. The van der Waals surface area contributed by atoms with Crippen molar-refractivity contribution in [2.75, 3.05) is 40.7 Å². The topological polar surface area (TPSA) is 114 Å². The van der Waals surface area contributed by atoms with Gasteiger partial charge in [0.15, 0.2) is 5.11 Å². The number of anilines is 4. The normalized spacial score (nSPS) is 16.0. The first-order valence-corrected chi connectivity index (χ1v) is 11.4. The van der Waals surface area contributed by atoms with Gasteiger partial charge in [0, 0.05) is 12.7 Å². The third kappa shape index (κ3) is 5.06. The van der Waals surface area contributed by atoms with Gasteiger partial charge in [-0.2, -0.15) is 0 Å². The van der Waals surface area contributed by atoms with Crippen LogP contribution < -0.4 is 20.4 Å². The van der Waals surface area contributed by atoms with Crippen LogP contribution in [0.15, 0.2) is 36.4 Å². The predicted octanol–water partition coefficient (Wildman–Crippen LogP) is 3.85. The molecule has 1 fully saturated rings. The molecule has 0 spiro atoms. The van der Waals surface area contributed by atoms with Gasteiger partial charge in [-0.1, -0.05) is 23.2 Å². The fourth-order valence-electron chi connectivity index (χ4n) is 3.42. The molecule has 4 N–H and O–H groups in total. The number of hydrogen-bond acceptors (Lipinski definition) is 7. The summed E-state index contributed by atoms with van der Waals surface area (Å²) in [6.07, 6.45) is -2.06. The van der Waals surface area contributed by atoms with E-state index in [2.05, 4.69) is 10.6 Å². The molecule has 12 heteroatoms. The van der Waals surface area contributed by atoms with Crippen molar-refractivity contribution in [3.05, 3.63) is 46.4 Å². The molecule has 1 aliphatic heterocycles. The van der Waals surface area contributed by atoms with Crippen molar-refractivity contribution in [2.24, 2.45) is 0 Å². The summed E-state index contributed by atoms with van der Waals surface area (Å²) in [6.45, 7) is 2.54. The van der Waals surface area contributed by atoms with Crippen molar-refractivity contribution < 1.29 is 24.5 Å². The molecule has 1 heterocycles. The van der Waals surface area contributed by atoms with Crippen LogP contribution in [0, 0.1) is 0 Å². The van der Waals surface area contributed by atoms with Gasteiger partial charge in [0.2, 0.25) is 0 Å². The lowest BCUT2D eigenvalue weighted by molar-refractivity contribution is -0.120. The Kier molecular flexibility index (Phi) is 7.89. The van der Waals surface area contributed by atoms with Crippen LogP contribution in [0.1, 0.15) is 13.8 Å². The van der Waals surface area contributed by atoms with E-state index in [1.807, 2.05) is 0 Å². The first-order chi connectivity index (χ1) is 16.0. The van der Waals surface area contributed by atoms with Crippen LogP contribution in [-0.4, -0.2) is 59.2 Å². The van der Waals surface area contributed by atoms with Gasteiger partial charge in [0.05, 0.1) is 33.7 Å². The summed E-state index contributed by atoms with van der Waals surface area (Å²) in [4.78, 5) is 28.5. The predicted molar refractivity (Wildman–Crippen MR) is 137 cm³/mol. The Morgan fingerprint density at radius 3 is 2.44 bits per heavy atom. The molecule has 182 valence electrons. The Bertz CT molecular complexity index is 1130. The van der Waals surface area contributed by atoms with E-state index in [0.29, 0.717) is 22.1 Å². The molecule has 1 aliphatic rings. The van der Waals surface area contributed by atoms with Crippen molar-refractivity contribution >= 4 is 75.3 Å². The highest BCUT2D eigenvalue weighted by Crippen LogP contribution is 2.39. The second-order valence-electron chi connectivity index (χ2n) is 7.96. The lowest BCUT2D eigenvalue weighted by atomic mass is 10.0. The lowest BCUT2D eigenvalue weighted by Gasteiger charge is -2.30. The Morgan fingerprint density at radius 2 is 1.82 bits per heavy atom. The smallest absolute Gasteiger partial charge is 0.411 e. The van der Waals surface area contributed by atoms with Crippen molar-refractivity contribution in [3.8, 4) is 0 Å². The number of nitrogens with zero attached hydrogens (tertiary/aromatic N) is 2. The molecule has 1 unspecified atom stereocenters. The van der Waals surface area contributed by atoms with Crippen LogP contribution >= 0.6 is 35.4 Å². The number of aliphatic hydroxyl groups is 2. The van der Waals surface area contributed by atoms with Crippen LogP contribution in [0.3, 0.4) is 0 Å². The number of carbonyl (C=O) groups excluding carboxylic acids is 2. The van der Waals surface area contributed by atoms with Gasteiger partial charge in [-0.15, -0.1) is 0 Å². The van der Waals surface area contributed by atoms with E-state index in [1.165, 1.54) is 4.90 Å². The molecular formula is C22H24Cl2N4O5S. The molecule has 9 nitrogen and oxygen atoms in total. The average Bonchev–Trinajstić information content (AvgIpc) is 2.97. The zero-order valence-corrected chi connectivity index (χ0v) is 21.0. The van der Waals surface area contributed by atoms with Gasteiger partial charge in [-0.05, 0) is 62.5 Å². The molecule has 1 saturated heterocycles. The number of aliphatic hydroxyl groups excluding tert-OH is 2. The van der Waals surface area contributed by atoms with Gasteiger partial charge in [-0.3, -0.25) is 15.0 Å². The maximum absolute atomic E-state index is 13.4. The van der Waals surface area contributed by atoms with Gasteiger partial charge in [-0.25, -0.2) is 4.79 Å². The van der Waals surface area contributed by atoms with E-state index >= 15 is 0 Å². The highest BCUT2D eigenvalue weighted by Gasteiger charge is 2.50. The minimum atomic E-state index is -1.19. The summed E-state index contributed by atoms with van der Waals surface area (Å²) in [7, 11) is 1.74. The van der Waals surface area contributed by atoms with Gasteiger partial charge < -0.3 is 25.2 Å². The van der Waals surface area contributed by atoms with E-state index in [4.69, 9.17) is 45.3 Å². The van der Waals surface area contributed by atoms with Crippen molar-refractivity contribution in [1.82, 2.24) is 0 Å². The summed E-state index contributed by atoms with van der Waals surface area (Å²) in [6, 6.07) is 9.95. The van der Waals surface area contributed by atoms with E-state index < -0.39 is 24.3 Å². The van der Waals surface area contributed by atoms with Crippen molar-refractivity contribution in [1.29, 1.82) is 0 Å². The molecule has 2 aromatic carbocycles.